The van der Waals surface area contributed by atoms with E-state index in [4.69, 9.17) is 4.74 Å². The molecule has 1 aliphatic heterocycles. The van der Waals surface area contributed by atoms with E-state index in [1.807, 2.05) is 27.7 Å². The van der Waals surface area contributed by atoms with Gasteiger partial charge in [-0.3, -0.25) is 4.79 Å². The molecule has 0 aromatic rings. The minimum absolute atomic E-state index is 0.213. The molecule has 0 radical (unpaired) electrons. The molecule has 1 heterocycles. The molecule has 0 amide bonds. The molecule has 4 nitrogen and oxygen atoms in total. The van der Waals surface area contributed by atoms with Crippen molar-refractivity contribution in [2.24, 2.45) is 0 Å². The van der Waals surface area contributed by atoms with Gasteiger partial charge >= 0.3 is 0 Å². The van der Waals surface area contributed by atoms with E-state index in [9.17, 15) is 4.79 Å². The Morgan fingerprint density at radius 3 is 1.90 bits per heavy atom. The number of nitrogens with zero attached hydrogens (tertiary/aromatic N) is 1. The van der Waals surface area contributed by atoms with Crippen LogP contribution in [0.2, 0.25) is 0 Å². The maximum Gasteiger partial charge on any atom is 0.132 e. The highest BCUT2D eigenvalue weighted by atomic mass is 16.5. The molecule has 0 bridgehead atoms. The predicted molar refractivity (Wildman–Crippen MR) is 92.0 cm³/mol. The van der Waals surface area contributed by atoms with Gasteiger partial charge in [0, 0.05) is 33.8 Å². The Morgan fingerprint density at radius 2 is 1.48 bits per heavy atom. The van der Waals surface area contributed by atoms with Gasteiger partial charge < -0.3 is 14.4 Å². The summed E-state index contributed by atoms with van der Waals surface area (Å²) in [6.45, 7) is 14.7. The molecule has 0 unspecified atom stereocenters. The van der Waals surface area contributed by atoms with Crippen molar-refractivity contribution in [1.82, 2.24) is 4.90 Å². The fourth-order valence-electron chi connectivity index (χ4n) is 1.71. The van der Waals surface area contributed by atoms with Crippen molar-refractivity contribution in [2.75, 3.05) is 47.1 Å². The molecule has 0 N–H and O–H groups in total. The van der Waals surface area contributed by atoms with Gasteiger partial charge in [-0.1, -0.05) is 27.7 Å². The third-order valence-electron chi connectivity index (χ3n) is 2.56. The van der Waals surface area contributed by atoms with Crippen molar-refractivity contribution in [1.29, 1.82) is 0 Å². The molecule has 0 aliphatic carbocycles. The highest BCUT2D eigenvalue weighted by molar-refractivity contribution is 5.75. The van der Waals surface area contributed by atoms with E-state index in [1.165, 1.54) is 25.9 Å². The number of methoxy groups -OCH3 is 1. The minimum Gasteiger partial charge on any atom is -0.388 e. The quantitative estimate of drug-likeness (QED) is 0.671. The smallest absolute Gasteiger partial charge is 0.132 e. The molecule has 1 fully saturated rings. The number of carbonyl (C=O) groups excluding carboxylic acids is 1. The van der Waals surface area contributed by atoms with E-state index in [1.54, 1.807) is 21.1 Å². The van der Waals surface area contributed by atoms with Gasteiger partial charge in [0.15, 0.2) is 0 Å². The second-order valence-electron chi connectivity index (χ2n) is 4.37. The Hall–Kier alpha value is -0.450. The van der Waals surface area contributed by atoms with Gasteiger partial charge in [0.25, 0.3) is 0 Å². The molecule has 0 atom stereocenters. The number of ketones is 1. The monoisotopic (exact) mass is 305 g/mol. The summed E-state index contributed by atoms with van der Waals surface area (Å²) < 4.78 is 9.61. The highest BCUT2D eigenvalue weighted by Gasteiger charge is 2.09. The van der Waals surface area contributed by atoms with Crippen LogP contribution in [0.15, 0.2) is 0 Å². The number of Topliss-reactive ketones (excluding diaryl/α,β-unsaturated/α-hetero) is 1. The Labute approximate surface area is 133 Å². The lowest BCUT2D eigenvalue weighted by molar-refractivity contribution is -0.118. The van der Waals surface area contributed by atoms with Crippen LogP contribution in [0.1, 0.15) is 60.3 Å². The van der Waals surface area contributed by atoms with Gasteiger partial charge in [-0.2, -0.15) is 0 Å². The lowest BCUT2D eigenvalue weighted by Crippen LogP contribution is -2.21. The summed E-state index contributed by atoms with van der Waals surface area (Å²) in [4.78, 5) is 13.1. The Bertz CT molecular complexity index is 181. The average Bonchev–Trinajstić information content (AvgIpc) is 3.01. The van der Waals surface area contributed by atoms with Gasteiger partial charge in [-0.15, -0.1) is 0 Å². The minimum atomic E-state index is 0.213. The van der Waals surface area contributed by atoms with Crippen LogP contribution in [0.4, 0.5) is 0 Å². The number of hydrogen-bond donors (Lipinski definition) is 0. The number of likely N-dealkylation sites (tertiary alicyclic amines) is 1. The van der Waals surface area contributed by atoms with E-state index in [-0.39, 0.29) is 5.78 Å². The van der Waals surface area contributed by atoms with E-state index in [0.717, 1.165) is 19.6 Å². The SMILES string of the molecule is CC.CC.CC(=O)CCOCCCN1CCCC1.COC. The zero-order valence-electron chi connectivity index (χ0n) is 15.5. The van der Waals surface area contributed by atoms with Crippen LogP contribution in [-0.4, -0.2) is 57.8 Å². The van der Waals surface area contributed by atoms with Gasteiger partial charge in [0.1, 0.15) is 5.78 Å². The molecular weight excluding hydrogens is 266 g/mol. The summed E-state index contributed by atoms with van der Waals surface area (Å²) >= 11 is 0. The second kappa shape index (κ2) is 24.6. The standard InChI is InChI=1S/C11H21NO2.C2H6O.2C2H6/c1-11(13)5-10-14-9-4-8-12-6-2-3-7-12;1-3-2;2*1-2/h2-10H2,1H3;1-2H3;2*1-2H3. The maximum absolute atomic E-state index is 10.6. The molecule has 1 aliphatic rings. The lowest BCUT2D eigenvalue weighted by Gasteiger charge is -2.13. The normalized spacial score (nSPS) is 13.1. The van der Waals surface area contributed by atoms with Crippen LogP contribution in [0.25, 0.3) is 0 Å². The van der Waals surface area contributed by atoms with Crippen LogP contribution in [-0.2, 0) is 14.3 Å². The Morgan fingerprint density at radius 1 is 1.00 bits per heavy atom. The fourth-order valence-corrected chi connectivity index (χ4v) is 1.71. The van der Waals surface area contributed by atoms with Crippen molar-refractivity contribution < 1.29 is 14.3 Å². The molecule has 0 saturated carbocycles. The molecule has 1 saturated heterocycles. The molecule has 1 rings (SSSR count). The van der Waals surface area contributed by atoms with Crippen LogP contribution in [0, 0.1) is 0 Å². The van der Waals surface area contributed by atoms with Crippen LogP contribution < -0.4 is 0 Å². The molecule has 0 aromatic carbocycles. The number of hydrogen-bond acceptors (Lipinski definition) is 4. The van der Waals surface area contributed by atoms with Gasteiger partial charge in [-0.05, 0) is 39.3 Å². The first-order valence-corrected chi connectivity index (χ1v) is 8.40. The van der Waals surface area contributed by atoms with E-state index >= 15 is 0 Å². The lowest BCUT2D eigenvalue weighted by atomic mass is 10.3. The summed E-state index contributed by atoms with van der Waals surface area (Å²) in [6, 6.07) is 0. The van der Waals surface area contributed by atoms with Gasteiger partial charge in [0.05, 0.1) is 6.61 Å². The van der Waals surface area contributed by atoms with Crippen molar-refractivity contribution in [3.63, 3.8) is 0 Å². The summed E-state index contributed by atoms with van der Waals surface area (Å²) in [6.07, 6.45) is 4.36. The van der Waals surface area contributed by atoms with E-state index < -0.39 is 0 Å². The van der Waals surface area contributed by atoms with E-state index in [0.29, 0.717) is 13.0 Å². The zero-order valence-corrected chi connectivity index (χ0v) is 15.5. The first kappa shape index (κ1) is 25.5. The number of rotatable bonds is 7. The number of carbonyl (C=O) groups is 1. The first-order valence-electron chi connectivity index (χ1n) is 8.40. The average molecular weight is 306 g/mol. The van der Waals surface area contributed by atoms with Gasteiger partial charge in [0.2, 0.25) is 0 Å². The maximum atomic E-state index is 10.6. The largest absolute Gasteiger partial charge is 0.388 e. The molecule has 4 heteroatoms. The van der Waals surface area contributed by atoms with Crippen LogP contribution >= 0.6 is 0 Å². The van der Waals surface area contributed by atoms with Gasteiger partial charge in [-0.25, -0.2) is 0 Å². The van der Waals surface area contributed by atoms with Crippen LogP contribution in [0.3, 0.4) is 0 Å². The summed E-state index contributed by atoms with van der Waals surface area (Å²) in [7, 11) is 3.25. The third kappa shape index (κ3) is 24.9. The van der Waals surface area contributed by atoms with Crippen molar-refractivity contribution in [3.8, 4) is 0 Å². The number of ether oxygens (including phenoxy) is 2. The molecule has 0 spiro atoms. The Balaban J connectivity index is -0.000000399. The second-order valence-corrected chi connectivity index (χ2v) is 4.37. The summed E-state index contributed by atoms with van der Waals surface area (Å²) in [5, 5.41) is 0. The van der Waals surface area contributed by atoms with Crippen molar-refractivity contribution >= 4 is 5.78 Å². The van der Waals surface area contributed by atoms with Crippen LogP contribution in [0.5, 0.6) is 0 Å². The topological polar surface area (TPSA) is 38.8 Å². The zero-order chi connectivity index (χ0) is 16.9. The van der Waals surface area contributed by atoms with E-state index in [2.05, 4.69) is 9.64 Å². The molecule has 0 aromatic heterocycles. The highest BCUT2D eigenvalue weighted by Crippen LogP contribution is 2.07. The van der Waals surface area contributed by atoms with Crippen molar-refractivity contribution in [3.05, 3.63) is 0 Å². The molecule has 130 valence electrons. The third-order valence-corrected chi connectivity index (χ3v) is 2.56. The molecule has 21 heavy (non-hydrogen) atoms. The predicted octanol–water partition coefficient (Wildman–Crippen LogP) is 3.78. The first-order chi connectivity index (χ1) is 10.2. The van der Waals surface area contributed by atoms with Crippen molar-refractivity contribution in [2.45, 2.75) is 60.3 Å². The fraction of sp³-hybridized carbons (Fsp3) is 0.941. The molecular formula is C17H39NO3. The Kier molecular flexibility index (Phi) is 29.8. The summed E-state index contributed by atoms with van der Waals surface area (Å²) in [5.74, 6) is 0.213. The summed E-state index contributed by atoms with van der Waals surface area (Å²) in [5.41, 5.74) is 0.